The summed E-state index contributed by atoms with van der Waals surface area (Å²) in [5.74, 6) is 0. The van der Waals surface area contributed by atoms with Gasteiger partial charge in [0.1, 0.15) is 0 Å². The van der Waals surface area contributed by atoms with Crippen molar-refractivity contribution in [3.05, 3.63) is 12.7 Å². The quantitative estimate of drug-likeness (QED) is 0.338. The van der Waals surface area contributed by atoms with Gasteiger partial charge in [-0.15, -0.1) is 19.1 Å². The summed E-state index contributed by atoms with van der Waals surface area (Å²) in [4.78, 5) is 29.9. The van der Waals surface area contributed by atoms with Crippen molar-refractivity contribution in [1.82, 2.24) is 0 Å². The van der Waals surface area contributed by atoms with Crippen molar-refractivity contribution in [1.29, 1.82) is 0 Å². The van der Waals surface area contributed by atoms with Crippen molar-refractivity contribution < 1.29 is 28.5 Å². The molecule has 0 aromatic carbocycles. The fourth-order valence-corrected chi connectivity index (χ4v) is 0.120. The van der Waals surface area contributed by atoms with Crippen molar-refractivity contribution in [2.45, 2.75) is 6.42 Å². The third-order valence-corrected chi connectivity index (χ3v) is 0.525. The fraction of sp³-hybridized carbons (Fsp3) is 0.167. The topological polar surface area (TPSA) is 51.2 Å². The van der Waals surface area contributed by atoms with E-state index in [0.717, 1.165) is 0 Å². The second kappa shape index (κ2) is 15.7. The number of rotatable bonds is 2. The van der Waals surface area contributed by atoms with Crippen LogP contribution in [0.25, 0.3) is 0 Å². The SMILES string of the molecule is C=CC[C-]=O.O=[C]=[Fe]=[C]=O. The molecule has 0 bridgehead atoms. The van der Waals surface area contributed by atoms with E-state index in [1.54, 1.807) is 6.29 Å². The molecule has 0 saturated heterocycles. The van der Waals surface area contributed by atoms with E-state index in [0.29, 0.717) is 6.42 Å². The van der Waals surface area contributed by atoms with Gasteiger partial charge in [0.2, 0.25) is 0 Å². The van der Waals surface area contributed by atoms with Gasteiger partial charge in [0.05, 0.1) is 0 Å². The second-order valence-electron chi connectivity index (χ2n) is 0.870. The molecule has 56 valence electrons. The van der Waals surface area contributed by atoms with Crippen LogP contribution in [0.15, 0.2) is 12.7 Å². The maximum absolute atomic E-state index is 9.21. The standard InChI is InChI=1S/C4H5O.2CO.Fe/c1-2-3-4-5;2*1-2;/h2H,1,3H2;;;/q-1;;;. The molecule has 0 aromatic heterocycles. The summed E-state index contributed by atoms with van der Waals surface area (Å²) in [6.07, 6.45) is 3.50. The number of hydrogen-bond donors (Lipinski definition) is 0. The van der Waals surface area contributed by atoms with Crippen LogP contribution in [0.3, 0.4) is 0 Å². The van der Waals surface area contributed by atoms with E-state index < -0.39 is 0 Å². The first kappa shape index (κ1) is 11.8. The van der Waals surface area contributed by atoms with Gasteiger partial charge in [0.25, 0.3) is 0 Å². The van der Waals surface area contributed by atoms with Crippen LogP contribution in [0, 0.1) is 0 Å². The van der Waals surface area contributed by atoms with Crippen LogP contribution < -0.4 is 0 Å². The van der Waals surface area contributed by atoms with Gasteiger partial charge in [-0.25, -0.2) is 0 Å². The first-order valence-corrected chi connectivity index (χ1v) is 3.24. The molecule has 0 aliphatic carbocycles. The average molecular weight is 181 g/mol. The van der Waals surface area contributed by atoms with E-state index in [4.69, 9.17) is 9.59 Å². The molecule has 10 heavy (non-hydrogen) atoms. The zero-order chi connectivity index (χ0) is 8.24. The van der Waals surface area contributed by atoms with Crippen LogP contribution in [-0.2, 0) is 28.5 Å². The Morgan fingerprint density at radius 1 is 1.50 bits per heavy atom. The molecule has 0 atom stereocenters. The monoisotopic (exact) mass is 181 g/mol. The van der Waals surface area contributed by atoms with Crippen molar-refractivity contribution in [3.8, 4) is 0 Å². The van der Waals surface area contributed by atoms with Crippen LogP contribution >= 0.6 is 0 Å². The van der Waals surface area contributed by atoms with Crippen molar-refractivity contribution in [2.75, 3.05) is 0 Å². The minimum absolute atomic E-state index is 0.222. The predicted octanol–water partition coefficient (Wildman–Crippen LogP) is -0.125. The predicted molar refractivity (Wildman–Crippen MR) is 31.9 cm³/mol. The van der Waals surface area contributed by atoms with E-state index in [2.05, 4.69) is 6.58 Å². The normalized spacial score (nSPS) is 5.60. The summed E-state index contributed by atoms with van der Waals surface area (Å²) in [6, 6.07) is 0. The van der Waals surface area contributed by atoms with Gasteiger partial charge in [-0.2, -0.15) is 0 Å². The summed E-state index contributed by atoms with van der Waals surface area (Å²) in [7, 11) is 0. The molecule has 0 fully saturated rings. The number of hydrogen-bond acceptors (Lipinski definition) is 3. The minimum atomic E-state index is -0.222. The second-order valence-corrected chi connectivity index (χ2v) is 1.60. The summed E-state index contributed by atoms with van der Waals surface area (Å²) in [5, 5.41) is 0. The van der Waals surface area contributed by atoms with Gasteiger partial charge in [-0.3, -0.25) is 6.29 Å². The van der Waals surface area contributed by atoms with E-state index in [-0.39, 0.29) is 14.1 Å². The van der Waals surface area contributed by atoms with Crippen LogP contribution in [0.5, 0.6) is 0 Å². The first-order valence-electron chi connectivity index (χ1n) is 2.14. The van der Waals surface area contributed by atoms with E-state index in [9.17, 15) is 4.79 Å². The maximum atomic E-state index is 9.21. The molecule has 0 heterocycles. The Kier molecular flexibility index (Phi) is 18.6. The molecule has 4 heteroatoms. The zero-order valence-electron chi connectivity index (χ0n) is 5.07. The Labute approximate surface area is 64.0 Å². The van der Waals surface area contributed by atoms with Crippen LogP contribution in [0.4, 0.5) is 0 Å². The molecule has 0 saturated carbocycles. The molecule has 0 spiro atoms. The number of allylic oxidation sites excluding steroid dienone is 1. The third kappa shape index (κ3) is 27.5. The average Bonchev–Trinajstić information content (AvgIpc) is 1.93. The summed E-state index contributed by atoms with van der Waals surface area (Å²) in [6.45, 7) is 3.29. The van der Waals surface area contributed by atoms with Crippen LogP contribution in [-0.4, -0.2) is 15.9 Å². The molecule has 0 rings (SSSR count). The first-order chi connectivity index (χ1) is 4.83. The van der Waals surface area contributed by atoms with Gasteiger partial charge < -0.3 is 4.79 Å². The third-order valence-electron chi connectivity index (χ3n) is 0.300. The Morgan fingerprint density at radius 3 is 2.00 bits per heavy atom. The molecule has 0 amide bonds. The Morgan fingerprint density at radius 2 is 2.00 bits per heavy atom. The molecule has 0 aliphatic rings. The Balaban J connectivity index is 0. The Bertz CT molecular complexity index is 175. The Hall–Kier alpha value is -0.911. The van der Waals surface area contributed by atoms with Crippen LogP contribution in [0.1, 0.15) is 6.42 Å². The van der Waals surface area contributed by atoms with E-state index in [1.165, 1.54) is 15.6 Å². The van der Waals surface area contributed by atoms with E-state index in [1.807, 2.05) is 0 Å². The molecule has 0 aliphatic heterocycles. The summed E-state index contributed by atoms with van der Waals surface area (Å²) >= 11 is -0.222. The summed E-state index contributed by atoms with van der Waals surface area (Å²) in [5.41, 5.74) is 0. The van der Waals surface area contributed by atoms with Gasteiger partial charge in [-0.1, -0.05) is 0 Å². The molecule has 0 N–H and O–H groups in total. The van der Waals surface area contributed by atoms with Crippen molar-refractivity contribution in [2.24, 2.45) is 0 Å². The van der Waals surface area contributed by atoms with Gasteiger partial charge in [0.15, 0.2) is 0 Å². The molecule has 0 aromatic rings. The zero-order valence-corrected chi connectivity index (χ0v) is 6.17. The fourth-order valence-electron chi connectivity index (χ4n) is 0.0737. The molecule has 0 unspecified atom stereocenters. The van der Waals surface area contributed by atoms with Gasteiger partial charge >= 0.3 is 33.2 Å². The number of carbonyl (C=O) groups excluding carboxylic acids is 3. The van der Waals surface area contributed by atoms with Crippen molar-refractivity contribution in [3.63, 3.8) is 0 Å². The summed E-state index contributed by atoms with van der Waals surface area (Å²) < 4.78 is 0. The molecular weight excluding hydrogens is 176 g/mol. The van der Waals surface area contributed by atoms with E-state index >= 15 is 0 Å². The van der Waals surface area contributed by atoms with Gasteiger partial charge in [0, 0.05) is 0 Å². The molecule has 3 nitrogen and oxygen atoms in total. The molecule has 0 radical (unpaired) electrons. The molecular formula is C6H5FeO3-. The van der Waals surface area contributed by atoms with Gasteiger partial charge in [-0.05, 0) is 0 Å². The van der Waals surface area contributed by atoms with Crippen LogP contribution in [0.2, 0.25) is 0 Å². The van der Waals surface area contributed by atoms with Crippen molar-refractivity contribution >= 4 is 15.9 Å².